The molecule has 0 atom stereocenters. The van der Waals surface area contributed by atoms with Gasteiger partial charge in [0.15, 0.2) is 0 Å². The lowest BCUT2D eigenvalue weighted by Gasteiger charge is -2.07. The van der Waals surface area contributed by atoms with E-state index in [1.54, 1.807) is 54.6 Å². The Morgan fingerprint density at radius 1 is 0.950 bits per heavy atom. The first-order valence-electron chi connectivity index (χ1n) is 5.87. The SMILES string of the molecule is N#Cc1ccccc1NC(=O)NC(=O)c1ccccc1. The Bertz CT molecular complexity index is 675. The fraction of sp³-hybridized carbons (Fsp3) is 0. The number of nitrogens with zero attached hydrogens (tertiary/aromatic N) is 1. The van der Waals surface area contributed by atoms with Crippen LogP contribution in [0.15, 0.2) is 54.6 Å². The first-order chi connectivity index (χ1) is 9.70. The van der Waals surface area contributed by atoms with Crippen LogP contribution in [-0.2, 0) is 0 Å². The number of carbonyl (C=O) groups is 2. The lowest BCUT2D eigenvalue weighted by atomic mass is 10.2. The van der Waals surface area contributed by atoms with Crippen molar-refractivity contribution in [3.63, 3.8) is 0 Å². The first-order valence-corrected chi connectivity index (χ1v) is 5.87. The summed E-state index contributed by atoms with van der Waals surface area (Å²) in [6, 6.07) is 16.2. The highest BCUT2D eigenvalue weighted by Crippen LogP contribution is 2.13. The third-order valence-corrected chi connectivity index (χ3v) is 2.56. The van der Waals surface area contributed by atoms with Crippen LogP contribution in [0.4, 0.5) is 10.5 Å². The van der Waals surface area contributed by atoms with Crippen LogP contribution in [0.1, 0.15) is 15.9 Å². The molecule has 0 aliphatic carbocycles. The molecular weight excluding hydrogens is 254 g/mol. The number of imide groups is 1. The van der Waals surface area contributed by atoms with Crippen molar-refractivity contribution >= 4 is 17.6 Å². The minimum atomic E-state index is -0.679. The second-order valence-electron chi connectivity index (χ2n) is 3.93. The van der Waals surface area contributed by atoms with Gasteiger partial charge in [-0.1, -0.05) is 30.3 Å². The molecule has 2 rings (SSSR count). The summed E-state index contributed by atoms with van der Waals surface area (Å²) in [5.74, 6) is -0.502. The number of benzene rings is 2. The smallest absolute Gasteiger partial charge is 0.306 e. The third kappa shape index (κ3) is 3.21. The number of urea groups is 1. The Morgan fingerprint density at radius 2 is 1.60 bits per heavy atom. The molecule has 0 aliphatic heterocycles. The maximum atomic E-state index is 11.8. The molecule has 98 valence electrons. The molecule has 0 aromatic heterocycles. The molecular formula is C15H11N3O2. The van der Waals surface area contributed by atoms with E-state index in [2.05, 4.69) is 10.6 Å². The average Bonchev–Trinajstić information content (AvgIpc) is 2.48. The lowest BCUT2D eigenvalue weighted by Crippen LogP contribution is -2.34. The van der Waals surface area contributed by atoms with Gasteiger partial charge in [-0.3, -0.25) is 10.1 Å². The summed E-state index contributed by atoms with van der Waals surface area (Å²) >= 11 is 0. The van der Waals surface area contributed by atoms with E-state index in [1.165, 1.54) is 0 Å². The number of hydrogen-bond acceptors (Lipinski definition) is 3. The highest BCUT2D eigenvalue weighted by molar-refractivity contribution is 6.08. The summed E-state index contributed by atoms with van der Waals surface area (Å²) in [7, 11) is 0. The maximum Gasteiger partial charge on any atom is 0.326 e. The van der Waals surface area contributed by atoms with Crippen molar-refractivity contribution in [1.82, 2.24) is 5.32 Å². The third-order valence-electron chi connectivity index (χ3n) is 2.56. The van der Waals surface area contributed by atoms with Crippen LogP contribution < -0.4 is 10.6 Å². The number of rotatable bonds is 2. The number of nitrogens with one attached hydrogen (secondary N) is 2. The fourth-order valence-corrected chi connectivity index (χ4v) is 1.61. The molecule has 0 radical (unpaired) electrons. The molecule has 0 fully saturated rings. The minimum absolute atomic E-state index is 0.329. The van der Waals surface area contributed by atoms with Crippen LogP contribution in [0.2, 0.25) is 0 Å². The van der Waals surface area contributed by atoms with Gasteiger partial charge < -0.3 is 5.32 Å². The zero-order valence-electron chi connectivity index (χ0n) is 10.5. The van der Waals surface area contributed by atoms with Gasteiger partial charge in [0.1, 0.15) is 6.07 Å². The molecule has 0 heterocycles. The van der Waals surface area contributed by atoms with Crippen molar-refractivity contribution < 1.29 is 9.59 Å². The van der Waals surface area contributed by atoms with Gasteiger partial charge in [-0.15, -0.1) is 0 Å². The van der Waals surface area contributed by atoms with Gasteiger partial charge in [0.2, 0.25) is 0 Å². The van der Waals surface area contributed by atoms with Gasteiger partial charge in [0, 0.05) is 5.56 Å². The summed E-state index contributed by atoms with van der Waals surface area (Å²) in [6.45, 7) is 0. The minimum Gasteiger partial charge on any atom is -0.306 e. The van der Waals surface area contributed by atoms with Crippen molar-refractivity contribution in [3.05, 3.63) is 65.7 Å². The number of carbonyl (C=O) groups excluding carboxylic acids is 2. The summed E-state index contributed by atoms with van der Waals surface area (Å²) in [5.41, 5.74) is 1.07. The number of para-hydroxylation sites is 1. The summed E-state index contributed by atoms with van der Waals surface area (Å²) in [5, 5.41) is 13.6. The standard InChI is InChI=1S/C15H11N3O2/c16-10-12-8-4-5-9-13(12)17-15(20)18-14(19)11-6-2-1-3-7-11/h1-9H,(H2,17,18,19,20). The van der Waals surface area contributed by atoms with E-state index in [4.69, 9.17) is 5.26 Å². The summed E-state index contributed by atoms with van der Waals surface area (Å²) in [6.07, 6.45) is 0. The van der Waals surface area contributed by atoms with Crippen LogP contribution in [-0.4, -0.2) is 11.9 Å². The lowest BCUT2D eigenvalue weighted by molar-refractivity contribution is 0.0967. The highest BCUT2D eigenvalue weighted by Gasteiger charge is 2.11. The zero-order valence-corrected chi connectivity index (χ0v) is 10.5. The first kappa shape index (κ1) is 13.3. The number of amides is 3. The molecule has 20 heavy (non-hydrogen) atoms. The van der Waals surface area contributed by atoms with E-state index in [1.807, 2.05) is 6.07 Å². The van der Waals surface area contributed by atoms with E-state index in [-0.39, 0.29) is 0 Å². The van der Waals surface area contributed by atoms with Crippen molar-refractivity contribution in [2.45, 2.75) is 0 Å². The van der Waals surface area contributed by atoms with Crippen molar-refractivity contribution in [2.75, 3.05) is 5.32 Å². The molecule has 5 nitrogen and oxygen atoms in total. The topological polar surface area (TPSA) is 82.0 Å². The van der Waals surface area contributed by atoms with Crippen LogP contribution in [0.25, 0.3) is 0 Å². The van der Waals surface area contributed by atoms with E-state index >= 15 is 0 Å². The van der Waals surface area contributed by atoms with Crippen LogP contribution >= 0.6 is 0 Å². The molecule has 3 amide bonds. The van der Waals surface area contributed by atoms with Gasteiger partial charge in [-0.05, 0) is 24.3 Å². The van der Waals surface area contributed by atoms with Gasteiger partial charge in [0.05, 0.1) is 11.3 Å². The van der Waals surface area contributed by atoms with Crippen LogP contribution in [0.3, 0.4) is 0 Å². The van der Waals surface area contributed by atoms with Crippen molar-refractivity contribution in [2.24, 2.45) is 0 Å². The van der Waals surface area contributed by atoms with E-state index in [0.717, 1.165) is 0 Å². The molecule has 2 N–H and O–H groups in total. The Balaban J connectivity index is 2.03. The van der Waals surface area contributed by atoms with E-state index in [0.29, 0.717) is 16.8 Å². The van der Waals surface area contributed by atoms with E-state index in [9.17, 15) is 9.59 Å². The zero-order chi connectivity index (χ0) is 14.4. The van der Waals surface area contributed by atoms with Gasteiger partial charge >= 0.3 is 6.03 Å². The molecule has 0 bridgehead atoms. The number of hydrogen-bond donors (Lipinski definition) is 2. The second kappa shape index (κ2) is 6.16. The monoisotopic (exact) mass is 265 g/mol. The molecule has 0 saturated heterocycles. The Labute approximate surface area is 115 Å². The highest BCUT2D eigenvalue weighted by atomic mass is 16.2. The average molecular weight is 265 g/mol. The summed E-state index contributed by atoms with van der Waals surface area (Å²) in [4.78, 5) is 23.5. The fourth-order valence-electron chi connectivity index (χ4n) is 1.61. The van der Waals surface area contributed by atoms with Crippen LogP contribution in [0.5, 0.6) is 0 Å². The van der Waals surface area contributed by atoms with Gasteiger partial charge in [0.25, 0.3) is 5.91 Å². The Hall–Kier alpha value is -3.13. The van der Waals surface area contributed by atoms with Gasteiger partial charge in [-0.2, -0.15) is 5.26 Å². The van der Waals surface area contributed by atoms with Gasteiger partial charge in [-0.25, -0.2) is 4.79 Å². The Kier molecular flexibility index (Phi) is 4.10. The quantitative estimate of drug-likeness (QED) is 0.875. The van der Waals surface area contributed by atoms with Crippen LogP contribution in [0, 0.1) is 11.3 Å². The largest absolute Gasteiger partial charge is 0.326 e. The number of anilines is 1. The predicted octanol–water partition coefficient (Wildman–Crippen LogP) is 2.52. The number of nitriles is 1. The predicted molar refractivity (Wildman–Crippen MR) is 74.1 cm³/mol. The van der Waals surface area contributed by atoms with E-state index < -0.39 is 11.9 Å². The Morgan fingerprint density at radius 3 is 2.30 bits per heavy atom. The molecule has 0 unspecified atom stereocenters. The molecule has 0 spiro atoms. The second-order valence-corrected chi connectivity index (χ2v) is 3.93. The normalized spacial score (nSPS) is 9.35. The molecule has 0 saturated carbocycles. The van der Waals surface area contributed by atoms with Crippen molar-refractivity contribution in [1.29, 1.82) is 5.26 Å². The molecule has 2 aromatic carbocycles. The molecule has 2 aromatic rings. The summed E-state index contributed by atoms with van der Waals surface area (Å²) < 4.78 is 0. The van der Waals surface area contributed by atoms with Crippen molar-refractivity contribution in [3.8, 4) is 6.07 Å². The molecule has 5 heteroatoms. The molecule has 0 aliphatic rings. The maximum absolute atomic E-state index is 11.8.